The first-order valence-electron chi connectivity index (χ1n) is 7.14. The zero-order chi connectivity index (χ0) is 14.5. The number of methoxy groups -OCH3 is 1. The number of rotatable bonds is 7. The second-order valence-corrected chi connectivity index (χ2v) is 6.57. The van der Waals surface area contributed by atoms with E-state index in [2.05, 4.69) is 37.4 Å². The highest BCUT2D eigenvalue weighted by Gasteiger charge is 2.28. The van der Waals surface area contributed by atoms with E-state index >= 15 is 0 Å². The normalized spacial score (nSPS) is 15.9. The van der Waals surface area contributed by atoms with Gasteiger partial charge in [-0.1, -0.05) is 6.07 Å². The standard InChI is InChI=1S/C16H23NO2S/c1-11-4-7-14(10-12(11)2)20-9-8-15(16(18)19-3)17-13-5-6-13/h4,7,10,13,15,17H,5-6,8-9H2,1-3H3. The Hall–Kier alpha value is -1.00. The SMILES string of the molecule is COC(=O)C(CCSc1ccc(C)c(C)c1)NC1CC1. The van der Waals surface area contributed by atoms with Crippen LogP contribution in [0.4, 0.5) is 0 Å². The van der Waals surface area contributed by atoms with E-state index in [1.165, 1.54) is 36.0 Å². The molecule has 3 nitrogen and oxygen atoms in total. The number of carbonyl (C=O) groups excluding carboxylic acids is 1. The number of nitrogens with one attached hydrogen (secondary N) is 1. The van der Waals surface area contributed by atoms with E-state index < -0.39 is 0 Å². The van der Waals surface area contributed by atoms with Gasteiger partial charge in [0.05, 0.1) is 7.11 Å². The number of thioether (sulfide) groups is 1. The highest BCUT2D eigenvalue weighted by Crippen LogP contribution is 2.24. The van der Waals surface area contributed by atoms with Crippen LogP contribution in [0.5, 0.6) is 0 Å². The summed E-state index contributed by atoms with van der Waals surface area (Å²) in [4.78, 5) is 13.0. The van der Waals surface area contributed by atoms with Gasteiger partial charge in [-0.3, -0.25) is 4.79 Å². The largest absolute Gasteiger partial charge is 0.468 e. The summed E-state index contributed by atoms with van der Waals surface area (Å²) in [6, 6.07) is 6.87. The highest BCUT2D eigenvalue weighted by molar-refractivity contribution is 7.99. The summed E-state index contributed by atoms with van der Waals surface area (Å²) in [5.74, 6) is 0.778. The van der Waals surface area contributed by atoms with Gasteiger partial charge in [0, 0.05) is 16.7 Å². The van der Waals surface area contributed by atoms with E-state index in [1.54, 1.807) is 11.8 Å². The third-order valence-electron chi connectivity index (χ3n) is 3.65. The van der Waals surface area contributed by atoms with Crippen LogP contribution in [0.2, 0.25) is 0 Å². The molecular weight excluding hydrogens is 270 g/mol. The number of benzene rings is 1. The van der Waals surface area contributed by atoms with Crippen LogP contribution in [0.25, 0.3) is 0 Å². The van der Waals surface area contributed by atoms with Gasteiger partial charge in [-0.15, -0.1) is 11.8 Å². The molecule has 1 aromatic rings. The van der Waals surface area contributed by atoms with Crippen molar-refractivity contribution in [1.82, 2.24) is 5.32 Å². The summed E-state index contributed by atoms with van der Waals surface area (Å²) in [6.07, 6.45) is 3.16. The van der Waals surface area contributed by atoms with Crippen LogP contribution in [-0.2, 0) is 9.53 Å². The van der Waals surface area contributed by atoms with Crippen molar-refractivity contribution in [3.05, 3.63) is 29.3 Å². The fraction of sp³-hybridized carbons (Fsp3) is 0.562. The minimum Gasteiger partial charge on any atom is -0.468 e. The van der Waals surface area contributed by atoms with Gasteiger partial charge < -0.3 is 10.1 Å². The lowest BCUT2D eigenvalue weighted by molar-refractivity contribution is -0.143. The van der Waals surface area contributed by atoms with Gasteiger partial charge in [-0.2, -0.15) is 0 Å². The number of aryl methyl sites for hydroxylation is 2. The molecule has 0 spiro atoms. The van der Waals surface area contributed by atoms with Gasteiger partial charge in [-0.25, -0.2) is 0 Å². The molecule has 0 bridgehead atoms. The molecule has 1 aromatic carbocycles. The van der Waals surface area contributed by atoms with Gasteiger partial charge in [0.15, 0.2) is 0 Å². The molecule has 1 N–H and O–H groups in total. The first-order valence-corrected chi connectivity index (χ1v) is 8.12. The summed E-state index contributed by atoms with van der Waals surface area (Å²) >= 11 is 1.80. The Balaban J connectivity index is 1.82. The van der Waals surface area contributed by atoms with Crippen molar-refractivity contribution in [3.8, 4) is 0 Å². The monoisotopic (exact) mass is 293 g/mol. The molecular formula is C16H23NO2S. The van der Waals surface area contributed by atoms with Crippen LogP contribution < -0.4 is 5.32 Å². The molecule has 4 heteroatoms. The van der Waals surface area contributed by atoms with Gasteiger partial charge in [-0.05, 0) is 56.4 Å². The van der Waals surface area contributed by atoms with E-state index in [0.717, 1.165) is 12.2 Å². The quantitative estimate of drug-likeness (QED) is 0.619. The summed E-state index contributed by atoms with van der Waals surface area (Å²) in [5, 5.41) is 3.36. The molecule has 1 aliphatic rings. The molecule has 1 unspecified atom stereocenters. The third kappa shape index (κ3) is 4.53. The number of carbonyl (C=O) groups is 1. The van der Waals surface area contributed by atoms with Crippen LogP contribution in [0, 0.1) is 13.8 Å². The van der Waals surface area contributed by atoms with Crippen LogP contribution in [0.1, 0.15) is 30.4 Å². The van der Waals surface area contributed by atoms with Crippen molar-refractivity contribution in [2.45, 2.75) is 50.1 Å². The molecule has 1 fully saturated rings. The number of ether oxygens (including phenoxy) is 1. The lowest BCUT2D eigenvalue weighted by Crippen LogP contribution is -2.39. The molecule has 0 aromatic heterocycles. The number of hydrogen-bond donors (Lipinski definition) is 1. The van der Waals surface area contributed by atoms with Crippen LogP contribution >= 0.6 is 11.8 Å². The molecule has 0 saturated heterocycles. The van der Waals surface area contributed by atoms with Crippen LogP contribution in [0.15, 0.2) is 23.1 Å². The smallest absolute Gasteiger partial charge is 0.322 e. The maximum atomic E-state index is 11.7. The van der Waals surface area contributed by atoms with Gasteiger partial charge in [0.25, 0.3) is 0 Å². The third-order valence-corrected chi connectivity index (χ3v) is 4.68. The Morgan fingerprint density at radius 3 is 2.75 bits per heavy atom. The minimum atomic E-state index is -0.161. The minimum absolute atomic E-state index is 0.141. The van der Waals surface area contributed by atoms with Gasteiger partial charge >= 0.3 is 5.97 Å². The molecule has 20 heavy (non-hydrogen) atoms. The zero-order valence-corrected chi connectivity index (χ0v) is 13.3. The van der Waals surface area contributed by atoms with Gasteiger partial charge in [0.1, 0.15) is 6.04 Å². The molecule has 0 radical (unpaired) electrons. The predicted molar refractivity (Wildman–Crippen MR) is 83.2 cm³/mol. The molecule has 0 amide bonds. The van der Waals surface area contributed by atoms with Crippen molar-refractivity contribution >= 4 is 17.7 Å². The molecule has 1 saturated carbocycles. The van der Waals surface area contributed by atoms with Crippen molar-refractivity contribution in [2.24, 2.45) is 0 Å². The maximum Gasteiger partial charge on any atom is 0.322 e. The summed E-state index contributed by atoms with van der Waals surface area (Å²) in [7, 11) is 1.46. The highest BCUT2D eigenvalue weighted by atomic mass is 32.2. The summed E-state index contributed by atoms with van der Waals surface area (Å²) in [6.45, 7) is 4.25. The topological polar surface area (TPSA) is 38.3 Å². The van der Waals surface area contributed by atoms with Crippen molar-refractivity contribution in [2.75, 3.05) is 12.9 Å². The lowest BCUT2D eigenvalue weighted by atomic mass is 10.1. The fourth-order valence-electron chi connectivity index (χ4n) is 2.04. The molecule has 110 valence electrons. The van der Waals surface area contributed by atoms with E-state index in [-0.39, 0.29) is 12.0 Å². The van der Waals surface area contributed by atoms with Crippen molar-refractivity contribution in [1.29, 1.82) is 0 Å². The second-order valence-electron chi connectivity index (χ2n) is 5.40. The molecule has 2 rings (SSSR count). The number of hydrogen-bond acceptors (Lipinski definition) is 4. The van der Waals surface area contributed by atoms with E-state index in [1.807, 2.05) is 0 Å². The van der Waals surface area contributed by atoms with Gasteiger partial charge in [0.2, 0.25) is 0 Å². The Morgan fingerprint density at radius 1 is 1.40 bits per heavy atom. The lowest BCUT2D eigenvalue weighted by Gasteiger charge is -2.15. The number of esters is 1. The summed E-state index contributed by atoms with van der Waals surface area (Å²) in [5.41, 5.74) is 2.63. The maximum absolute atomic E-state index is 11.7. The van der Waals surface area contributed by atoms with E-state index in [9.17, 15) is 4.79 Å². The predicted octanol–water partition coefficient (Wildman–Crippen LogP) is 3.08. The Bertz CT molecular complexity index is 472. The summed E-state index contributed by atoms with van der Waals surface area (Å²) < 4.78 is 4.87. The molecule has 1 atom stereocenters. The van der Waals surface area contributed by atoms with Crippen molar-refractivity contribution < 1.29 is 9.53 Å². The van der Waals surface area contributed by atoms with Crippen molar-refractivity contribution in [3.63, 3.8) is 0 Å². The average Bonchev–Trinajstić information content (AvgIpc) is 3.25. The molecule has 0 aliphatic heterocycles. The first-order chi connectivity index (χ1) is 9.60. The Labute approximate surface area is 125 Å². The Morgan fingerprint density at radius 2 is 2.15 bits per heavy atom. The fourth-order valence-corrected chi connectivity index (χ4v) is 3.06. The second kappa shape index (κ2) is 7.14. The first kappa shape index (κ1) is 15.4. The molecule has 1 aliphatic carbocycles. The van der Waals surface area contributed by atoms with E-state index in [0.29, 0.717) is 6.04 Å². The van der Waals surface area contributed by atoms with Crippen LogP contribution in [-0.4, -0.2) is 30.9 Å². The molecule has 0 heterocycles. The average molecular weight is 293 g/mol. The van der Waals surface area contributed by atoms with E-state index in [4.69, 9.17) is 4.74 Å². The van der Waals surface area contributed by atoms with Crippen LogP contribution in [0.3, 0.4) is 0 Å². The zero-order valence-electron chi connectivity index (χ0n) is 12.4. The Kier molecular flexibility index (Phi) is 5.49.